The lowest BCUT2D eigenvalue weighted by molar-refractivity contribution is -0.146. The number of benzene rings is 1. The monoisotopic (exact) mass is 399 g/mol. The second-order valence-electron chi connectivity index (χ2n) is 9.74. The first-order valence-electron chi connectivity index (χ1n) is 10.8. The first-order valence-corrected chi connectivity index (χ1v) is 10.8. The number of aromatic hydroxyl groups is 1. The number of phenolic OH excluding ortho intramolecular Hbond substituents is 1. The minimum absolute atomic E-state index is 0.0176. The summed E-state index contributed by atoms with van der Waals surface area (Å²) in [6.45, 7) is 7.67. The Morgan fingerprint density at radius 1 is 1.41 bits per heavy atom. The van der Waals surface area contributed by atoms with Crippen molar-refractivity contribution in [3.63, 3.8) is 0 Å². The van der Waals surface area contributed by atoms with E-state index < -0.39 is 6.10 Å². The number of aliphatic hydroxyl groups is 1. The Hall–Kier alpha value is -1.85. The molecule has 1 aliphatic heterocycles. The van der Waals surface area contributed by atoms with Crippen LogP contribution >= 0.6 is 0 Å². The first-order chi connectivity index (χ1) is 13.8. The van der Waals surface area contributed by atoms with Gasteiger partial charge in [-0.25, -0.2) is 0 Å². The van der Waals surface area contributed by atoms with Crippen molar-refractivity contribution in [1.29, 1.82) is 0 Å². The number of hydrogen-bond donors (Lipinski definition) is 2. The quantitative estimate of drug-likeness (QED) is 0.584. The summed E-state index contributed by atoms with van der Waals surface area (Å²) in [5.41, 5.74) is 2.24. The highest BCUT2D eigenvalue weighted by molar-refractivity contribution is 5.75. The molecule has 0 spiro atoms. The molecule has 2 saturated carbocycles. The number of nitrogens with zero attached hydrogens (tertiary/aromatic N) is 1. The molecule has 1 heterocycles. The molecule has 3 aliphatic rings. The van der Waals surface area contributed by atoms with Crippen molar-refractivity contribution >= 4 is 5.97 Å². The van der Waals surface area contributed by atoms with E-state index in [1.165, 1.54) is 18.4 Å². The number of carbonyl (C=O) groups is 1. The number of esters is 1. The van der Waals surface area contributed by atoms with E-state index in [1.807, 2.05) is 11.9 Å². The van der Waals surface area contributed by atoms with Crippen LogP contribution in [-0.2, 0) is 9.53 Å². The molecule has 1 saturated heterocycles. The second-order valence-corrected chi connectivity index (χ2v) is 9.74. The molecule has 5 heteroatoms. The van der Waals surface area contributed by atoms with Gasteiger partial charge in [0.1, 0.15) is 11.9 Å². The van der Waals surface area contributed by atoms with Crippen molar-refractivity contribution < 1.29 is 19.7 Å². The Kier molecular flexibility index (Phi) is 5.47. The zero-order valence-corrected chi connectivity index (χ0v) is 17.5. The van der Waals surface area contributed by atoms with E-state index in [2.05, 4.69) is 13.5 Å². The van der Waals surface area contributed by atoms with Crippen molar-refractivity contribution in [1.82, 2.24) is 4.90 Å². The zero-order chi connectivity index (χ0) is 20.8. The van der Waals surface area contributed by atoms with Gasteiger partial charge in [-0.15, -0.1) is 0 Å². The van der Waals surface area contributed by atoms with Crippen molar-refractivity contribution in [2.24, 2.45) is 23.2 Å². The van der Waals surface area contributed by atoms with E-state index in [4.69, 9.17) is 4.74 Å². The Morgan fingerprint density at radius 2 is 2.21 bits per heavy atom. The first kappa shape index (κ1) is 20.4. The highest BCUT2D eigenvalue weighted by atomic mass is 16.6. The summed E-state index contributed by atoms with van der Waals surface area (Å²) in [5, 5.41) is 20.2. The maximum atomic E-state index is 12.7. The lowest BCUT2D eigenvalue weighted by Crippen LogP contribution is -2.45. The highest BCUT2D eigenvalue weighted by Gasteiger charge is 2.55. The molecular formula is C24H33NO4. The molecule has 1 aromatic carbocycles. The van der Waals surface area contributed by atoms with E-state index in [0.717, 1.165) is 19.3 Å². The van der Waals surface area contributed by atoms with Crippen LogP contribution in [0.5, 0.6) is 5.75 Å². The van der Waals surface area contributed by atoms with Gasteiger partial charge >= 0.3 is 5.97 Å². The van der Waals surface area contributed by atoms with Crippen LogP contribution in [0.15, 0.2) is 36.4 Å². The Bertz CT molecular complexity index is 793. The molecule has 0 aromatic heterocycles. The van der Waals surface area contributed by atoms with Gasteiger partial charge in [0, 0.05) is 19.0 Å². The molecule has 1 aromatic rings. The third-order valence-corrected chi connectivity index (χ3v) is 7.57. The molecular weight excluding hydrogens is 366 g/mol. The van der Waals surface area contributed by atoms with E-state index in [1.54, 1.807) is 24.3 Å². The third kappa shape index (κ3) is 3.95. The van der Waals surface area contributed by atoms with Crippen molar-refractivity contribution in [3.05, 3.63) is 42.0 Å². The molecule has 4 rings (SSSR count). The van der Waals surface area contributed by atoms with Crippen LogP contribution in [0.3, 0.4) is 0 Å². The van der Waals surface area contributed by atoms with Gasteiger partial charge in [0.25, 0.3) is 0 Å². The minimum Gasteiger partial charge on any atom is -0.508 e. The number of rotatable bonds is 5. The van der Waals surface area contributed by atoms with Gasteiger partial charge in [0.2, 0.25) is 0 Å². The molecule has 0 radical (unpaired) electrons. The van der Waals surface area contributed by atoms with E-state index >= 15 is 0 Å². The van der Waals surface area contributed by atoms with Gasteiger partial charge in [0.05, 0.1) is 12.0 Å². The number of likely N-dealkylation sites (N-methyl/N-ethyl adjacent to an activating group) is 1. The summed E-state index contributed by atoms with van der Waals surface area (Å²) < 4.78 is 5.84. The smallest absolute Gasteiger partial charge is 0.310 e. The molecule has 0 bridgehead atoms. The van der Waals surface area contributed by atoms with Crippen LogP contribution in [0.1, 0.15) is 50.7 Å². The molecule has 6 atom stereocenters. The molecule has 2 N–H and O–H groups in total. The molecule has 0 amide bonds. The number of phenols is 1. The summed E-state index contributed by atoms with van der Waals surface area (Å²) in [7, 11) is 1.93. The summed E-state index contributed by atoms with van der Waals surface area (Å²) in [4.78, 5) is 14.7. The fourth-order valence-electron chi connectivity index (χ4n) is 6.01. The van der Waals surface area contributed by atoms with E-state index in [9.17, 15) is 15.0 Å². The Morgan fingerprint density at radius 3 is 2.97 bits per heavy atom. The average Bonchev–Trinajstić information content (AvgIpc) is 2.94. The van der Waals surface area contributed by atoms with Crippen molar-refractivity contribution in [2.45, 2.75) is 51.2 Å². The maximum absolute atomic E-state index is 12.7. The number of aliphatic hydroxyl groups excluding tert-OH is 1. The van der Waals surface area contributed by atoms with Crippen LogP contribution in [0.25, 0.3) is 0 Å². The van der Waals surface area contributed by atoms with Gasteiger partial charge in [-0.2, -0.15) is 0 Å². The lowest BCUT2D eigenvalue weighted by atomic mass is 9.55. The lowest BCUT2D eigenvalue weighted by Gasteiger charge is -2.50. The van der Waals surface area contributed by atoms with Crippen LogP contribution in [0.4, 0.5) is 0 Å². The number of hydrogen-bond acceptors (Lipinski definition) is 5. The summed E-state index contributed by atoms with van der Waals surface area (Å²) >= 11 is 0. The predicted molar refractivity (Wildman–Crippen MR) is 111 cm³/mol. The fourth-order valence-corrected chi connectivity index (χ4v) is 6.01. The van der Waals surface area contributed by atoms with Crippen molar-refractivity contribution in [3.8, 4) is 5.75 Å². The summed E-state index contributed by atoms with van der Waals surface area (Å²) in [5.74, 6) is 0.616. The number of ether oxygens (including phenoxy) is 1. The number of fused-ring (bicyclic) bond motifs is 2. The predicted octanol–water partition coefficient (Wildman–Crippen LogP) is 3.67. The van der Waals surface area contributed by atoms with E-state index in [-0.39, 0.29) is 35.1 Å². The highest BCUT2D eigenvalue weighted by Crippen LogP contribution is 2.56. The molecule has 158 valence electrons. The van der Waals surface area contributed by atoms with Crippen molar-refractivity contribution in [2.75, 3.05) is 20.1 Å². The van der Waals surface area contributed by atoms with Gasteiger partial charge in [-0.1, -0.05) is 31.2 Å². The average molecular weight is 400 g/mol. The van der Waals surface area contributed by atoms with Gasteiger partial charge in [0.15, 0.2) is 0 Å². The number of allylic oxidation sites excluding steroid dienone is 1. The fraction of sp³-hybridized carbons (Fsp3) is 0.625. The molecule has 2 aliphatic carbocycles. The molecule has 3 fully saturated rings. The van der Waals surface area contributed by atoms with Crippen LogP contribution in [-0.4, -0.2) is 47.3 Å². The molecule has 5 nitrogen and oxygen atoms in total. The van der Waals surface area contributed by atoms with Crippen LogP contribution in [0.2, 0.25) is 0 Å². The number of carbonyl (C=O) groups excluding carboxylic acids is 1. The molecule has 29 heavy (non-hydrogen) atoms. The normalized spacial score (nSPS) is 35.2. The van der Waals surface area contributed by atoms with E-state index in [0.29, 0.717) is 24.6 Å². The molecule has 0 unspecified atom stereocenters. The standard InChI is InChI=1S/C24H33NO4/c1-15-6-5-9-24(2)12-22-18(11-20(15)24)19(23(28)29-22)13-25(3)14-21(27)16-7-4-8-17(26)10-16/h4,7-8,10,18-22,26-27H,1,5-6,9,11-14H2,2-3H3/t18-,19-,20+,21-,22+,24-/m0/s1. The largest absolute Gasteiger partial charge is 0.508 e. The SMILES string of the molecule is C=C1CCC[C@@]2(C)C[C@H]3OC(=O)[C@@H](CN(C)C[C@H](O)c4cccc(O)c4)[C@@H]3C[C@H]12. The Balaban J connectivity index is 1.42. The summed E-state index contributed by atoms with van der Waals surface area (Å²) in [6, 6.07) is 6.69. The van der Waals surface area contributed by atoms with Gasteiger partial charge < -0.3 is 19.8 Å². The Labute approximate surface area is 173 Å². The maximum Gasteiger partial charge on any atom is 0.310 e. The second kappa shape index (κ2) is 7.77. The van der Waals surface area contributed by atoms with Crippen LogP contribution < -0.4 is 0 Å². The van der Waals surface area contributed by atoms with Gasteiger partial charge in [-0.3, -0.25) is 4.79 Å². The zero-order valence-electron chi connectivity index (χ0n) is 17.5. The van der Waals surface area contributed by atoms with Gasteiger partial charge in [-0.05, 0) is 68.2 Å². The van der Waals surface area contributed by atoms with Crippen LogP contribution in [0, 0.1) is 23.2 Å². The topological polar surface area (TPSA) is 70.0 Å². The minimum atomic E-state index is -0.715. The third-order valence-electron chi connectivity index (χ3n) is 7.57. The summed E-state index contributed by atoms with van der Waals surface area (Å²) in [6.07, 6.45) is 4.72.